The highest BCUT2D eigenvalue weighted by Crippen LogP contribution is 2.28. The fourth-order valence-electron chi connectivity index (χ4n) is 2.42. The molecule has 0 atom stereocenters. The van der Waals surface area contributed by atoms with Crippen molar-refractivity contribution in [1.29, 1.82) is 0 Å². The summed E-state index contributed by atoms with van der Waals surface area (Å²) in [5, 5.41) is 5.09. The Morgan fingerprint density at radius 1 is 1.03 bits per heavy atom. The summed E-state index contributed by atoms with van der Waals surface area (Å²) in [6, 6.07) is 8.52. The molecule has 0 saturated carbocycles. The van der Waals surface area contributed by atoms with E-state index in [1.54, 1.807) is 13.0 Å². The molecule has 0 aliphatic rings. The van der Waals surface area contributed by atoms with E-state index in [0.717, 1.165) is 12.5 Å². The van der Waals surface area contributed by atoms with Crippen LogP contribution in [0, 0.1) is 6.92 Å². The lowest BCUT2D eigenvalue weighted by Gasteiger charge is -2.13. The lowest BCUT2D eigenvalue weighted by Crippen LogP contribution is -2.42. The van der Waals surface area contributed by atoms with E-state index in [2.05, 4.69) is 10.9 Å². The Bertz CT molecular complexity index is 1020. The van der Waals surface area contributed by atoms with Gasteiger partial charge in [-0.3, -0.25) is 20.4 Å². The molecule has 0 aromatic heterocycles. The van der Waals surface area contributed by atoms with Crippen LogP contribution in [0.15, 0.2) is 41.3 Å². The lowest BCUT2D eigenvalue weighted by atomic mass is 10.1. The van der Waals surface area contributed by atoms with Gasteiger partial charge in [0.05, 0.1) is 18.6 Å². The number of aryl methyl sites for hydroxylation is 1. The average Bonchev–Trinajstić information content (AvgIpc) is 2.69. The Morgan fingerprint density at radius 3 is 2.34 bits per heavy atom. The number of sulfonamides is 1. The van der Waals surface area contributed by atoms with Crippen molar-refractivity contribution in [3.63, 3.8) is 0 Å². The van der Waals surface area contributed by atoms with Crippen molar-refractivity contribution in [3.8, 4) is 11.5 Å². The third-order valence-electron chi connectivity index (χ3n) is 3.96. The number of hydrogen-bond donors (Lipinski definition) is 3. The van der Waals surface area contributed by atoms with Crippen LogP contribution in [0.4, 0.5) is 0 Å². The lowest BCUT2D eigenvalue weighted by molar-refractivity contribution is 0.0846. The van der Waals surface area contributed by atoms with Crippen LogP contribution in [0.1, 0.15) is 39.6 Å². The second-order valence-corrected chi connectivity index (χ2v) is 7.71. The number of carbonyl (C=O) groups excluding carboxylic acids is 2. The molecule has 0 aliphatic heterocycles. The normalized spacial score (nSPS) is 10.9. The van der Waals surface area contributed by atoms with Crippen LogP contribution in [0.5, 0.6) is 11.5 Å². The Morgan fingerprint density at radius 2 is 1.72 bits per heavy atom. The molecule has 0 unspecified atom stereocenters. The quantitative estimate of drug-likeness (QED) is 0.580. The minimum Gasteiger partial charge on any atom is -0.493 e. The van der Waals surface area contributed by atoms with E-state index in [1.807, 2.05) is 6.92 Å². The monoisotopic (exact) mass is 421 g/mol. The van der Waals surface area contributed by atoms with Crippen molar-refractivity contribution in [2.45, 2.75) is 25.2 Å². The van der Waals surface area contributed by atoms with E-state index in [1.165, 1.54) is 31.4 Å². The molecule has 0 heterocycles. The molecular weight excluding hydrogens is 398 g/mol. The van der Waals surface area contributed by atoms with Crippen molar-refractivity contribution >= 4 is 21.8 Å². The van der Waals surface area contributed by atoms with Crippen molar-refractivity contribution < 1.29 is 27.5 Å². The predicted molar refractivity (Wildman–Crippen MR) is 106 cm³/mol. The number of hydrogen-bond acceptors (Lipinski definition) is 6. The third-order valence-corrected chi connectivity index (χ3v) is 4.87. The Hall–Kier alpha value is -3.11. The van der Waals surface area contributed by atoms with Crippen molar-refractivity contribution in [1.82, 2.24) is 10.9 Å². The van der Waals surface area contributed by atoms with E-state index in [4.69, 9.17) is 14.6 Å². The minimum absolute atomic E-state index is 0.0673. The van der Waals surface area contributed by atoms with E-state index in [-0.39, 0.29) is 16.0 Å². The number of nitrogens with one attached hydrogen (secondary N) is 2. The van der Waals surface area contributed by atoms with Gasteiger partial charge in [0.1, 0.15) is 0 Å². The van der Waals surface area contributed by atoms with Crippen LogP contribution in [0.25, 0.3) is 0 Å². The summed E-state index contributed by atoms with van der Waals surface area (Å²) in [6.07, 6.45) is 0.823. The Kier molecular flexibility index (Phi) is 7.18. The smallest absolute Gasteiger partial charge is 0.270 e. The molecule has 10 heteroatoms. The molecule has 2 rings (SSSR count). The molecule has 2 amide bonds. The van der Waals surface area contributed by atoms with Gasteiger partial charge in [-0.2, -0.15) is 0 Å². The summed E-state index contributed by atoms with van der Waals surface area (Å²) < 4.78 is 33.7. The average molecular weight is 421 g/mol. The number of methoxy groups -OCH3 is 1. The standard InChI is InChI=1S/C19H23N3O6S/c1-4-9-28-16-8-6-13(10-17(16)27-3)18(23)21-22-19(24)15-11-14(29(20,25)26)7-5-12(15)2/h5-8,10-11H,4,9H2,1-3H3,(H,21,23)(H,22,24)(H2,20,25,26). The van der Waals surface area contributed by atoms with E-state index in [0.29, 0.717) is 23.7 Å². The molecular formula is C19H23N3O6S. The largest absolute Gasteiger partial charge is 0.493 e. The highest BCUT2D eigenvalue weighted by Gasteiger charge is 2.16. The number of nitrogens with two attached hydrogens (primary N) is 1. The van der Waals surface area contributed by atoms with Gasteiger partial charge >= 0.3 is 0 Å². The molecule has 156 valence electrons. The zero-order chi connectivity index (χ0) is 21.6. The maximum Gasteiger partial charge on any atom is 0.270 e. The first-order valence-corrected chi connectivity index (χ1v) is 10.3. The molecule has 4 N–H and O–H groups in total. The fourth-order valence-corrected chi connectivity index (χ4v) is 2.96. The number of benzene rings is 2. The topological polar surface area (TPSA) is 137 Å². The molecule has 0 aliphatic carbocycles. The highest BCUT2D eigenvalue weighted by atomic mass is 32.2. The van der Waals surface area contributed by atoms with Gasteiger partial charge in [-0.15, -0.1) is 0 Å². The summed E-state index contributed by atoms with van der Waals surface area (Å²) in [5.41, 5.74) is 5.36. The second kappa shape index (κ2) is 9.39. The van der Waals surface area contributed by atoms with E-state index in [9.17, 15) is 18.0 Å². The zero-order valence-corrected chi connectivity index (χ0v) is 17.1. The molecule has 2 aromatic rings. The first kappa shape index (κ1) is 22.2. The molecule has 0 spiro atoms. The first-order valence-electron chi connectivity index (χ1n) is 8.72. The van der Waals surface area contributed by atoms with Gasteiger partial charge in [-0.05, 0) is 49.2 Å². The van der Waals surface area contributed by atoms with Gasteiger partial charge in [0.25, 0.3) is 11.8 Å². The van der Waals surface area contributed by atoms with Gasteiger partial charge in [0, 0.05) is 11.1 Å². The highest BCUT2D eigenvalue weighted by molar-refractivity contribution is 7.89. The van der Waals surface area contributed by atoms with Gasteiger partial charge in [0.2, 0.25) is 10.0 Å². The zero-order valence-electron chi connectivity index (χ0n) is 16.3. The Labute approximate surface area is 169 Å². The molecule has 9 nitrogen and oxygen atoms in total. The summed E-state index contributed by atoms with van der Waals surface area (Å²) in [4.78, 5) is 24.5. The van der Waals surface area contributed by atoms with Gasteiger partial charge in [0.15, 0.2) is 11.5 Å². The number of primary sulfonamides is 1. The summed E-state index contributed by atoms with van der Waals surface area (Å²) in [6.45, 7) is 4.11. The minimum atomic E-state index is -3.96. The maximum absolute atomic E-state index is 12.4. The summed E-state index contributed by atoms with van der Waals surface area (Å²) in [5.74, 6) is -0.380. The van der Waals surface area contributed by atoms with Gasteiger partial charge in [-0.1, -0.05) is 13.0 Å². The van der Waals surface area contributed by atoms with Crippen molar-refractivity contribution in [2.75, 3.05) is 13.7 Å². The van der Waals surface area contributed by atoms with Crippen LogP contribution >= 0.6 is 0 Å². The van der Waals surface area contributed by atoms with Gasteiger partial charge in [-0.25, -0.2) is 13.6 Å². The number of hydrazine groups is 1. The number of amides is 2. The summed E-state index contributed by atoms with van der Waals surface area (Å²) in [7, 11) is -2.50. The van der Waals surface area contributed by atoms with Crippen molar-refractivity contribution in [2.24, 2.45) is 5.14 Å². The number of ether oxygens (including phenoxy) is 2. The number of rotatable bonds is 7. The van der Waals surface area contributed by atoms with Crippen LogP contribution in [-0.2, 0) is 10.0 Å². The van der Waals surface area contributed by atoms with Crippen LogP contribution in [-0.4, -0.2) is 33.9 Å². The Balaban J connectivity index is 2.12. The molecule has 0 fully saturated rings. The second-order valence-electron chi connectivity index (χ2n) is 6.14. The third kappa shape index (κ3) is 5.69. The number of carbonyl (C=O) groups is 2. The van der Waals surface area contributed by atoms with Crippen LogP contribution in [0.2, 0.25) is 0 Å². The molecule has 0 radical (unpaired) electrons. The van der Waals surface area contributed by atoms with Crippen LogP contribution in [0.3, 0.4) is 0 Å². The maximum atomic E-state index is 12.4. The van der Waals surface area contributed by atoms with Crippen LogP contribution < -0.4 is 25.5 Å². The molecule has 29 heavy (non-hydrogen) atoms. The molecule has 0 bridgehead atoms. The van der Waals surface area contributed by atoms with Crippen molar-refractivity contribution in [3.05, 3.63) is 53.1 Å². The van der Waals surface area contributed by atoms with E-state index >= 15 is 0 Å². The molecule has 2 aromatic carbocycles. The predicted octanol–water partition coefficient (Wildman–Crippen LogP) is 1.51. The van der Waals surface area contributed by atoms with Gasteiger partial charge < -0.3 is 9.47 Å². The van der Waals surface area contributed by atoms with E-state index < -0.39 is 21.8 Å². The summed E-state index contributed by atoms with van der Waals surface area (Å²) >= 11 is 0. The first-order chi connectivity index (χ1) is 13.7. The fraction of sp³-hybridized carbons (Fsp3) is 0.263. The molecule has 0 saturated heterocycles. The SMILES string of the molecule is CCCOc1ccc(C(=O)NNC(=O)c2cc(S(N)(=O)=O)ccc2C)cc1OC.